The molecule has 2 heterocycles. The third kappa shape index (κ3) is 4.84. The highest BCUT2D eigenvalue weighted by molar-refractivity contribution is 5.85. The van der Waals surface area contributed by atoms with Crippen molar-refractivity contribution in [2.75, 3.05) is 26.2 Å². The summed E-state index contributed by atoms with van der Waals surface area (Å²) in [7, 11) is 0. The first-order chi connectivity index (χ1) is 12.0. The van der Waals surface area contributed by atoms with Crippen molar-refractivity contribution < 1.29 is 9.21 Å². The predicted octanol–water partition coefficient (Wildman–Crippen LogP) is 2.39. The number of nitrogens with zero attached hydrogens (tertiary/aromatic N) is 3. The van der Waals surface area contributed by atoms with E-state index in [1.54, 1.807) is 6.20 Å². The molecule has 3 rings (SSSR count). The maximum absolute atomic E-state index is 12.3. The second-order valence-corrected chi connectivity index (χ2v) is 6.86. The molecule has 0 radical (unpaired) electrons. The summed E-state index contributed by atoms with van der Waals surface area (Å²) in [4.78, 5) is 20.8. The van der Waals surface area contributed by atoms with Crippen LogP contribution in [0.3, 0.4) is 0 Å². The van der Waals surface area contributed by atoms with Crippen LogP contribution in [0.5, 0.6) is 0 Å². The quantitative estimate of drug-likeness (QED) is 0.864. The lowest BCUT2D eigenvalue weighted by Crippen LogP contribution is -2.54. The van der Waals surface area contributed by atoms with E-state index in [0.717, 1.165) is 24.4 Å². The molecule has 1 fully saturated rings. The first-order valence-corrected chi connectivity index (χ1v) is 8.81. The molecule has 0 aliphatic carbocycles. The molecule has 26 heavy (non-hydrogen) atoms. The van der Waals surface area contributed by atoms with E-state index in [1.165, 1.54) is 0 Å². The van der Waals surface area contributed by atoms with Gasteiger partial charge in [0.15, 0.2) is 5.76 Å². The van der Waals surface area contributed by atoms with Gasteiger partial charge in [-0.05, 0) is 5.92 Å². The Morgan fingerprint density at radius 2 is 1.85 bits per heavy atom. The highest BCUT2D eigenvalue weighted by Crippen LogP contribution is 2.20. The van der Waals surface area contributed by atoms with Crippen molar-refractivity contribution in [3.8, 4) is 11.3 Å². The lowest BCUT2D eigenvalue weighted by atomic mass is 10.0. The van der Waals surface area contributed by atoms with Gasteiger partial charge < -0.3 is 15.1 Å². The van der Waals surface area contributed by atoms with Gasteiger partial charge in [0.05, 0.1) is 18.8 Å². The summed E-state index contributed by atoms with van der Waals surface area (Å²) in [5, 5.41) is 0. The van der Waals surface area contributed by atoms with Gasteiger partial charge in [0.2, 0.25) is 11.8 Å². The molecule has 1 aromatic heterocycles. The van der Waals surface area contributed by atoms with Gasteiger partial charge in [0.1, 0.15) is 0 Å². The number of hydrogen-bond donors (Lipinski definition) is 1. The number of hydrogen-bond acceptors (Lipinski definition) is 5. The molecule has 2 aromatic rings. The second-order valence-electron chi connectivity index (χ2n) is 6.86. The Bertz CT molecular complexity index is 697. The molecular formula is C19H27ClN4O2. The highest BCUT2D eigenvalue weighted by Gasteiger charge is 2.27. The molecule has 1 saturated heterocycles. The van der Waals surface area contributed by atoms with Crippen LogP contribution < -0.4 is 5.73 Å². The number of nitrogens with two attached hydrogens (primary N) is 1. The van der Waals surface area contributed by atoms with E-state index in [-0.39, 0.29) is 24.2 Å². The number of rotatable bonds is 5. The smallest absolute Gasteiger partial charge is 0.239 e. The first-order valence-electron chi connectivity index (χ1n) is 8.81. The van der Waals surface area contributed by atoms with Crippen molar-refractivity contribution in [3.05, 3.63) is 42.4 Å². The summed E-state index contributed by atoms with van der Waals surface area (Å²) >= 11 is 0. The van der Waals surface area contributed by atoms with Crippen molar-refractivity contribution in [2.45, 2.75) is 26.4 Å². The van der Waals surface area contributed by atoms with Gasteiger partial charge in [0.25, 0.3) is 0 Å². The Kier molecular flexibility index (Phi) is 7.20. The Balaban J connectivity index is 0.00000243. The SMILES string of the molecule is CC(C)[C@H](N)C(=O)N1CCN(Cc2ncc(-c3ccccc3)o2)CC1.Cl. The average molecular weight is 379 g/mol. The number of halogens is 1. The molecule has 7 heteroatoms. The number of carbonyl (C=O) groups is 1. The fraction of sp³-hybridized carbons (Fsp3) is 0.474. The zero-order chi connectivity index (χ0) is 17.8. The van der Waals surface area contributed by atoms with Crippen LogP contribution in [0.2, 0.25) is 0 Å². The number of oxazole rings is 1. The number of carbonyl (C=O) groups excluding carboxylic acids is 1. The normalized spacial score (nSPS) is 16.4. The van der Waals surface area contributed by atoms with Gasteiger partial charge in [-0.25, -0.2) is 4.98 Å². The Labute approximate surface area is 160 Å². The van der Waals surface area contributed by atoms with Gasteiger partial charge >= 0.3 is 0 Å². The number of piperazine rings is 1. The van der Waals surface area contributed by atoms with Gasteiger partial charge in [0, 0.05) is 31.7 Å². The van der Waals surface area contributed by atoms with Crippen LogP contribution in [0.15, 0.2) is 40.9 Å². The minimum absolute atomic E-state index is 0. The van der Waals surface area contributed by atoms with Crippen LogP contribution >= 0.6 is 12.4 Å². The lowest BCUT2D eigenvalue weighted by molar-refractivity contribution is -0.135. The summed E-state index contributed by atoms with van der Waals surface area (Å²) in [5.41, 5.74) is 7.00. The molecule has 142 valence electrons. The number of benzene rings is 1. The summed E-state index contributed by atoms with van der Waals surface area (Å²) in [5.74, 6) is 1.70. The van der Waals surface area contributed by atoms with Gasteiger partial charge in [-0.1, -0.05) is 44.2 Å². The molecule has 0 bridgehead atoms. The van der Waals surface area contributed by atoms with E-state index in [4.69, 9.17) is 10.2 Å². The molecule has 0 saturated carbocycles. The zero-order valence-corrected chi connectivity index (χ0v) is 16.1. The standard InChI is InChI=1S/C19H26N4O2.ClH/c1-14(2)18(20)19(24)23-10-8-22(9-11-23)13-17-21-12-16(25-17)15-6-4-3-5-7-15;/h3-7,12,14,18H,8-11,13,20H2,1-2H3;1H/t18-;/m0./s1. The lowest BCUT2D eigenvalue weighted by Gasteiger charge is -2.35. The van der Waals surface area contributed by atoms with E-state index in [0.29, 0.717) is 25.5 Å². The molecule has 0 unspecified atom stereocenters. The van der Waals surface area contributed by atoms with Crippen molar-refractivity contribution in [2.24, 2.45) is 11.7 Å². The topological polar surface area (TPSA) is 75.6 Å². The van der Waals surface area contributed by atoms with Crippen LogP contribution in [0.1, 0.15) is 19.7 Å². The fourth-order valence-corrected chi connectivity index (χ4v) is 2.93. The molecule has 1 aliphatic rings. The Morgan fingerprint density at radius 1 is 1.19 bits per heavy atom. The van der Waals surface area contributed by atoms with Crippen LogP contribution in [0.25, 0.3) is 11.3 Å². The van der Waals surface area contributed by atoms with Crippen LogP contribution in [-0.2, 0) is 11.3 Å². The van der Waals surface area contributed by atoms with Crippen LogP contribution in [0, 0.1) is 5.92 Å². The largest absolute Gasteiger partial charge is 0.439 e. The van der Waals surface area contributed by atoms with Gasteiger partial charge in [-0.15, -0.1) is 12.4 Å². The minimum Gasteiger partial charge on any atom is -0.439 e. The summed E-state index contributed by atoms with van der Waals surface area (Å²) < 4.78 is 5.86. The third-order valence-electron chi connectivity index (χ3n) is 4.66. The number of aromatic nitrogens is 1. The monoisotopic (exact) mass is 378 g/mol. The van der Waals surface area contributed by atoms with E-state index < -0.39 is 6.04 Å². The van der Waals surface area contributed by atoms with Crippen molar-refractivity contribution in [1.29, 1.82) is 0 Å². The predicted molar refractivity (Wildman–Crippen MR) is 104 cm³/mol. The molecule has 0 spiro atoms. The van der Waals surface area contributed by atoms with Crippen molar-refractivity contribution >= 4 is 18.3 Å². The molecular weight excluding hydrogens is 352 g/mol. The van der Waals surface area contributed by atoms with E-state index in [1.807, 2.05) is 49.1 Å². The fourth-order valence-electron chi connectivity index (χ4n) is 2.93. The summed E-state index contributed by atoms with van der Waals surface area (Å²) in [6, 6.07) is 9.55. The van der Waals surface area contributed by atoms with E-state index in [2.05, 4.69) is 9.88 Å². The first kappa shape index (κ1) is 20.4. The van der Waals surface area contributed by atoms with E-state index in [9.17, 15) is 4.79 Å². The van der Waals surface area contributed by atoms with Gasteiger partial charge in [-0.3, -0.25) is 9.69 Å². The summed E-state index contributed by atoms with van der Waals surface area (Å²) in [6.07, 6.45) is 1.77. The molecule has 1 aromatic carbocycles. The molecule has 1 atom stereocenters. The minimum atomic E-state index is -0.410. The molecule has 1 aliphatic heterocycles. The number of amides is 1. The Morgan fingerprint density at radius 3 is 2.46 bits per heavy atom. The molecule has 1 amide bonds. The molecule has 6 nitrogen and oxygen atoms in total. The maximum Gasteiger partial charge on any atom is 0.239 e. The van der Waals surface area contributed by atoms with E-state index >= 15 is 0 Å². The van der Waals surface area contributed by atoms with Crippen LogP contribution in [-0.4, -0.2) is 52.9 Å². The van der Waals surface area contributed by atoms with Crippen molar-refractivity contribution in [3.63, 3.8) is 0 Å². The van der Waals surface area contributed by atoms with Crippen LogP contribution in [0.4, 0.5) is 0 Å². The highest BCUT2D eigenvalue weighted by atomic mass is 35.5. The van der Waals surface area contributed by atoms with Crippen molar-refractivity contribution in [1.82, 2.24) is 14.8 Å². The summed E-state index contributed by atoms with van der Waals surface area (Å²) in [6.45, 7) is 7.62. The average Bonchev–Trinajstić information content (AvgIpc) is 3.10. The maximum atomic E-state index is 12.3. The van der Waals surface area contributed by atoms with Gasteiger partial charge in [-0.2, -0.15) is 0 Å². The zero-order valence-electron chi connectivity index (χ0n) is 15.3. The second kappa shape index (κ2) is 9.16. The third-order valence-corrected chi connectivity index (χ3v) is 4.66. The molecule has 2 N–H and O–H groups in total. The Hall–Kier alpha value is -1.89.